The Morgan fingerprint density at radius 3 is 2.11 bits per heavy atom. The third-order valence-corrected chi connectivity index (χ3v) is 4.24. The van der Waals surface area contributed by atoms with E-state index in [4.69, 9.17) is 15.8 Å². The molecule has 1 aliphatic carbocycles. The molecule has 0 aliphatic heterocycles. The number of rotatable bonds is 6. The van der Waals surface area contributed by atoms with Crippen molar-refractivity contribution in [3.8, 4) is 18.2 Å². The third kappa shape index (κ3) is 4.38. The summed E-state index contributed by atoms with van der Waals surface area (Å²) >= 11 is 0. The van der Waals surface area contributed by atoms with Crippen LogP contribution in [0.1, 0.15) is 64.2 Å². The zero-order chi connectivity index (χ0) is 13.3. The van der Waals surface area contributed by atoms with Gasteiger partial charge in [-0.1, -0.05) is 12.8 Å². The largest absolute Gasteiger partial charge is 0.198 e. The molecule has 1 unspecified atom stereocenters. The maximum Gasteiger partial charge on any atom is 0.0621 e. The van der Waals surface area contributed by atoms with Gasteiger partial charge in [0.1, 0.15) is 0 Å². The van der Waals surface area contributed by atoms with Gasteiger partial charge >= 0.3 is 0 Å². The van der Waals surface area contributed by atoms with Crippen molar-refractivity contribution >= 4 is 0 Å². The Morgan fingerprint density at radius 1 is 0.944 bits per heavy atom. The molecule has 1 saturated carbocycles. The van der Waals surface area contributed by atoms with Crippen LogP contribution < -0.4 is 0 Å². The lowest BCUT2D eigenvalue weighted by Crippen LogP contribution is -2.29. The summed E-state index contributed by atoms with van der Waals surface area (Å²) in [6.45, 7) is 0. The molecule has 0 radical (unpaired) electrons. The molecule has 0 aromatic heterocycles. The Kier molecular flexibility index (Phi) is 6.24. The van der Waals surface area contributed by atoms with E-state index < -0.39 is 0 Å². The second kappa shape index (κ2) is 7.73. The van der Waals surface area contributed by atoms with Crippen molar-refractivity contribution in [1.29, 1.82) is 15.8 Å². The molecule has 0 saturated heterocycles. The SMILES string of the molecule is N#CCCC1CCCC(CCC#N)(CCC#N)C1. The molecular formula is C15H21N3. The second-order valence-electron chi connectivity index (χ2n) is 5.48. The maximum atomic E-state index is 8.79. The van der Waals surface area contributed by atoms with Crippen molar-refractivity contribution in [2.45, 2.75) is 64.2 Å². The van der Waals surface area contributed by atoms with Gasteiger partial charge in [-0.25, -0.2) is 0 Å². The summed E-state index contributed by atoms with van der Waals surface area (Å²) in [5.74, 6) is 0.621. The van der Waals surface area contributed by atoms with Crippen LogP contribution in [0.4, 0.5) is 0 Å². The summed E-state index contributed by atoms with van der Waals surface area (Å²) < 4.78 is 0. The standard InChI is InChI=1S/C15H21N3/c16-10-2-6-14-5-1-7-15(13-14,8-3-11-17)9-4-12-18/h14H,1-9,13H2. The Labute approximate surface area is 110 Å². The molecule has 1 rings (SSSR count). The van der Waals surface area contributed by atoms with Crippen LogP contribution in [-0.2, 0) is 0 Å². The fraction of sp³-hybridized carbons (Fsp3) is 0.800. The van der Waals surface area contributed by atoms with E-state index in [1.807, 2.05) is 0 Å². The molecule has 0 aromatic rings. The van der Waals surface area contributed by atoms with Gasteiger partial charge in [-0.3, -0.25) is 0 Å². The average Bonchev–Trinajstić information content (AvgIpc) is 2.41. The van der Waals surface area contributed by atoms with Gasteiger partial charge in [0.15, 0.2) is 0 Å². The summed E-state index contributed by atoms with van der Waals surface area (Å²) in [5, 5.41) is 26.2. The van der Waals surface area contributed by atoms with Crippen LogP contribution in [-0.4, -0.2) is 0 Å². The molecule has 3 heteroatoms. The highest BCUT2D eigenvalue weighted by Gasteiger charge is 2.35. The molecule has 96 valence electrons. The minimum Gasteiger partial charge on any atom is -0.198 e. The van der Waals surface area contributed by atoms with E-state index in [0.29, 0.717) is 25.2 Å². The van der Waals surface area contributed by atoms with Gasteiger partial charge in [-0.2, -0.15) is 15.8 Å². The van der Waals surface area contributed by atoms with Crippen LogP contribution in [0.3, 0.4) is 0 Å². The predicted molar refractivity (Wildman–Crippen MR) is 68.9 cm³/mol. The highest BCUT2D eigenvalue weighted by molar-refractivity contribution is 4.92. The lowest BCUT2D eigenvalue weighted by molar-refractivity contribution is 0.113. The minimum atomic E-state index is 0.198. The first-order valence-electron chi connectivity index (χ1n) is 6.87. The molecular weight excluding hydrogens is 222 g/mol. The van der Waals surface area contributed by atoms with Crippen LogP contribution in [0.5, 0.6) is 0 Å². The minimum absolute atomic E-state index is 0.198. The van der Waals surface area contributed by atoms with Crippen molar-refractivity contribution < 1.29 is 0 Å². The van der Waals surface area contributed by atoms with Crippen LogP contribution in [0, 0.1) is 45.3 Å². The van der Waals surface area contributed by atoms with E-state index in [9.17, 15) is 0 Å². The second-order valence-corrected chi connectivity index (χ2v) is 5.48. The van der Waals surface area contributed by atoms with Gasteiger partial charge < -0.3 is 0 Å². The summed E-state index contributed by atoms with van der Waals surface area (Å²) in [5.41, 5.74) is 0.198. The monoisotopic (exact) mass is 243 g/mol. The van der Waals surface area contributed by atoms with Crippen LogP contribution >= 0.6 is 0 Å². The van der Waals surface area contributed by atoms with E-state index in [0.717, 1.165) is 32.1 Å². The molecule has 1 aliphatic rings. The molecule has 0 heterocycles. The Hall–Kier alpha value is -1.53. The van der Waals surface area contributed by atoms with Crippen molar-refractivity contribution in [3.63, 3.8) is 0 Å². The zero-order valence-electron chi connectivity index (χ0n) is 11.0. The van der Waals surface area contributed by atoms with Gasteiger partial charge in [-0.15, -0.1) is 0 Å². The molecule has 0 bridgehead atoms. The maximum absolute atomic E-state index is 8.79. The molecule has 18 heavy (non-hydrogen) atoms. The van der Waals surface area contributed by atoms with Crippen molar-refractivity contribution in [3.05, 3.63) is 0 Å². The Bertz CT molecular complexity index is 349. The molecule has 3 nitrogen and oxygen atoms in total. The van der Waals surface area contributed by atoms with E-state index in [2.05, 4.69) is 18.2 Å². The van der Waals surface area contributed by atoms with Crippen molar-refractivity contribution in [2.24, 2.45) is 11.3 Å². The number of nitrogens with zero attached hydrogens (tertiary/aromatic N) is 3. The van der Waals surface area contributed by atoms with E-state index in [1.165, 1.54) is 12.8 Å². The normalized spacial score (nSPS) is 21.5. The molecule has 0 amide bonds. The van der Waals surface area contributed by atoms with Crippen LogP contribution in [0.25, 0.3) is 0 Å². The first kappa shape index (κ1) is 14.5. The van der Waals surface area contributed by atoms with E-state index >= 15 is 0 Å². The average molecular weight is 243 g/mol. The third-order valence-electron chi connectivity index (χ3n) is 4.24. The number of hydrogen-bond acceptors (Lipinski definition) is 3. The fourth-order valence-corrected chi connectivity index (χ4v) is 3.32. The smallest absolute Gasteiger partial charge is 0.0621 e. The van der Waals surface area contributed by atoms with Gasteiger partial charge in [0, 0.05) is 19.3 Å². The molecule has 0 N–H and O–H groups in total. The summed E-state index contributed by atoms with van der Waals surface area (Å²) in [7, 11) is 0. The summed E-state index contributed by atoms with van der Waals surface area (Å²) in [6.07, 6.45) is 9.32. The zero-order valence-corrected chi connectivity index (χ0v) is 11.0. The molecule has 1 atom stereocenters. The van der Waals surface area contributed by atoms with Crippen LogP contribution in [0.15, 0.2) is 0 Å². The first-order valence-corrected chi connectivity index (χ1v) is 6.87. The first-order chi connectivity index (χ1) is 8.76. The van der Waals surface area contributed by atoms with Gasteiger partial charge in [0.2, 0.25) is 0 Å². The lowest BCUT2D eigenvalue weighted by atomic mass is 9.64. The van der Waals surface area contributed by atoms with Gasteiger partial charge in [0.25, 0.3) is 0 Å². The summed E-state index contributed by atoms with van der Waals surface area (Å²) in [4.78, 5) is 0. The Morgan fingerprint density at radius 2 is 1.56 bits per heavy atom. The van der Waals surface area contributed by atoms with Gasteiger partial charge in [0.05, 0.1) is 18.2 Å². The van der Waals surface area contributed by atoms with Crippen molar-refractivity contribution in [1.82, 2.24) is 0 Å². The Balaban J connectivity index is 2.61. The highest BCUT2D eigenvalue weighted by Crippen LogP contribution is 2.47. The topological polar surface area (TPSA) is 71.4 Å². The van der Waals surface area contributed by atoms with Gasteiger partial charge in [-0.05, 0) is 43.4 Å². The quantitative estimate of drug-likeness (QED) is 0.705. The van der Waals surface area contributed by atoms with E-state index in [1.54, 1.807) is 0 Å². The lowest BCUT2D eigenvalue weighted by Gasteiger charge is -2.40. The molecule has 0 spiro atoms. The molecule has 1 fully saturated rings. The predicted octanol–water partition coefficient (Wildman–Crippen LogP) is 4.07. The van der Waals surface area contributed by atoms with E-state index in [-0.39, 0.29) is 5.41 Å². The number of hydrogen-bond donors (Lipinski definition) is 0. The summed E-state index contributed by atoms with van der Waals surface area (Å²) in [6, 6.07) is 6.70. The number of nitriles is 3. The van der Waals surface area contributed by atoms with Crippen LogP contribution in [0.2, 0.25) is 0 Å². The van der Waals surface area contributed by atoms with Crippen molar-refractivity contribution in [2.75, 3.05) is 0 Å². The fourth-order valence-electron chi connectivity index (χ4n) is 3.32. The molecule has 0 aromatic carbocycles. The highest BCUT2D eigenvalue weighted by atomic mass is 14.4.